The number of rotatable bonds is 8. The van der Waals surface area contributed by atoms with Gasteiger partial charge >= 0.3 is 23.9 Å². The summed E-state index contributed by atoms with van der Waals surface area (Å²) in [5, 5.41) is 2.67. The predicted molar refractivity (Wildman–Crippen MR) is 97.4 cm³/mol. The molecule has 2 rings (SSSR count). The number of amides is 1. The first-order chi connectivity index (χ1) is 14.1. The number of hydrogen-bond donors (Lipinski definition) is 1. The topological polar surface area (TPSA) is 144 Å². The van der Waals surface area contributed by atoms with Gasteiger partial charge in [-0.25, -0.2) is 0 Å². The van der Waals surface area contributed by atoms with Crippen molar-refractivity contribution in [3.63, 3.8) is 0 Å². The average Bonchev–Trinajstić information content (AvgIpc) is 3.41. The maximum atomic E-state index is 12.4. The lowest BCUT2D eigenvalue weighted by Crippen LogP contribution is -2.67. The summed E-state index contributed by atoms with van der Waals surface area (Å²) < 4.78 is 26.5. The molecule has 30 heavy (non-hydrogen) atoms. The second-order valence-corrected chi connectivity index (χ2v) is 7.34. The van der Waals surface area contributed by atoms with E-state index >= 15 is 0 Å². The van der Waals surface area contributed by atoms with Crippen LogP contribution in [0.3, 0.4) is 0 Å². The molecule has 1 aliphatic carbocycles. The van der Waals surface area contributed by atoms with Crippen molar-refractivity contribution in [1.29, 1.82) is 0 Å². The van der Waals surface area contributed by atoms with E-state index in [0.717, 1.165) is 33.6 Å². The number of esters is 4. The molecule has 1 heterocycles. The number of carbonyl (C=O) groups is 5. The fourth-order valence-corrected chi connectivity index (χ4v) is 3.15. The minimum atomic E-state index is -1.36. The van der Waals surface area contributed by atoms with Crippen LogP contribution in [0.1, 0.15) is 47.0 Å². The van der Waals surface area contributed by atoms with Gasteiger partial charge in [-0.15, -0.1) is 0 Å². The van der Waals surface area contributed by atoms with E-state index in [1.165, 1.54) is 6.92 Å². The fraction of sp³-hybridized carbons (Fsp3) is 0.737. The molecule has 0 radical (unpaired) electrons. The van der Waals surface area contributed by atoms with Crippen LogP contribution in [0.25, 0.3) is 0 Å². The Morgan fingerprint density at radius 2 is 1.40 bits per heavy atom. The predicted octanol–water partition coefficient (Wildman–Crippen LogP) is -0.0142. The molecule has 1 unspecified atom stereocenters. The lowest BCUT2D eigenvalue weighted by atomic mass is 9.95. The lowest BCUT2D eigenvalue weighted by molar-refractivity contribution is -0.271. The Labute approximate surface area is 173 Å². The van der Waals surface area contributed by atoms with Crippen LogP contribution in [-0.2, 0) is 47.7 Å². The van der Waals surface area contributed by atoms with Gasteiger partial charge in [0, 0.05) is 34.1 Å². The van der Waals surface area contributed by atoms with Crippen LogP contribution in [0.5, 0.6) is 0 Å². The standard InChI is InChI=1S/C19H27NO10/c1-9(21)26-8-14-17(27-10(2)22)18(28-11(3)23)16(19(30-14)29-12(4)24)20-15(25)7-13-5-6-13/h13-14,16-19H,5-8H2,1-4H3,(H,20,25)/t14-,16-,17+,18-,19?/m1/s1. The summed E-state index contributed by atoms with van der Waals surface area (Å²) in [6, 6.07) is -1.14. The molecule has 168 valence electrons. The second kappa shape index (κ2) is 10.4. The number of ether oxygens (including phenoxy) is 5. The first kappa shape index (κ1) is 23.6. The first-order valence-corrected chi connectivity index (χ1v) is 9.66. The Hall–Kier alpha value is -2.69. The van der Waals surface area contributed by atoms with Crippen molar-refractivity contribution in [2.45, 2.75) is 77.6 Å². The maximum Gasteiger partial charge on any atom is 0.305 e. The molecular formula is C19H27NO10. The zero-order valence-corrected chi connectivity index (χ0v) is 17.4. The molecule has 1 saturated carbocycles. The average molecular weight is 429 g/mol. The Morgan fingerprint density at radius 1 is 0.833 bits per heavy atom. The Morgan fingerprint density at radius 3 is 1.90 bits per heavy atom. The van der Waals surface area contributed by atoms with Crippen LogP contribution in [0.2, 0.25) is 0 Å². The monoisotopic (exact) mass is 429 g/mol. The third kappa shape index (κ3) is 7.29. The molecule has 0 spiro atoms. The lowest BCUT2D eigenvalue weighted by Gasteiger charge is -2.44. The number of carbonyl (C=O) groups excluding carboxylic acids is 5. The number of nitrogens with one attached hydrogen (secondary N) is 1. The highest BCUT2D eigenvalue weighted by Crippen LogP contribution is 2.33. The first-order valence-electron chi connectivity index (χ1n) is 9.66. The van der Waals surface area contributed by atoms with Crippen molar-refractivity contribution in [3.8, 4) is 0 Å². The molecule has 11 nitrogen and oxygen atoms in total. The van der Waals surface area contributed by atoms with Crippen molar-refractivity contribution < 1.29 is 47.7 Å². The summed E-state index contributed by atoms with van der Waals surface area (Å²) in [7, 11) is 0. The summed E-state index contributed by atoms with van der Waals surface area (Å²) in [5.74, 6) is -2.82. The summed E-state index contributed by atoms with van der Waals surface area (Å²) in [4.78, 5) is 58.7. The smallest absolute Gasteiger partial charge is 0.305 e. The quantitative estimate of drug-likeness (QED) is 0.413. The zero-order chi connectivity index (χ0) is 22.4. The van der Waals surface area contributed by atoms with Crippen molar-refractivity contribution in [1.82, 2.24) is 5.32 Å². The highest BCUT2D eigenvalue weighted by atomic mass is 16.7. The van der Waals surface area contributed by atoms with E-state index in [2.05, 4.69) is 5.32 Å². The van der Waals surface area contributed by atoms with E-state index < -0.39 is 54.5 Å². The Balaban J connectivity index is 2.33. The maximum absolute atomic E-state index is 12.4. The highest BCUT2D eigenvalue weighted by Gasteiger charge is 2.52. The van der Waals surface area contributed by atoms with Crippen LogP contribution in [0, 0.1) is 5.92 Å². The molecule has 11 heteroatoms. The summed E-state index contributed by atoms with van der Waals surface area (Å²) >= 11 is 0. The molecule has 0 bridgehead atoms. The van der Waals surface area contributed by atoms with Crippen molar-refractivity contribution in [2.75, 3.05) is 6.61 Å². The second-order valence-electron chi connectivity index (χ2n) is 7.34. The molecule has 0 aromatic rings. The molecule has 1 amide bonds. The van der Waals surface area contributed by atoms with Crippen molar-refractivity contribution >= 4 is 29.8 Å². The van der Waals surface area contributed by atoms with E-state index in [4.69, 9.17) is 23.7 Å². The van der Waals surface area contributed by atoms with Gasteiger partial charge in [0.2, 0.25) is 12.2 Å². The van der Waals surface area contributed by atoms with Gasteiger partial charge in [0.1, 0.15) is 18.8 Å². The molecular weight excluding hydrogens is 402 g/mol. The molecule has 1 aliphatic heterocycles. The van der Waals surface area contributed by atoms with Gasteiger partial charge in [0.15, 0.2) is 12.2 Å². The van der Waals surface area contributed by atoms with Gasteiger partial charge in [0.25, 0.3) is 0 Å². The van der Waals surface area contributed by atoms with Crippen LogP contribution < -0.4 is 5.32 Å². The van der Waals surface area contributed by atoms with Gasteiger partial charge < -0.3 is 29.0 Å². The van der Waals surface area contributed by atoms with Crippen molar-refractivity contribution in [3.05, 3.63) is 0 Å². The van der Waals surface area contributed by atoms with Gasteiger partial charge in [-0.1, -0.05) is 0 Å². The summed E-state index contributed by atoms with van der Waals surface area (Å²) in [6.07, 6.45) is -2.79. The third-order valence-electron chi connectivity index (χ3n) is 4.48. The van der Waals surface area contributed by atoms with Crippen LogP contribution in [0.15, 0.2) is 0 Å². The third-order valence-corrected chi connectivity index (χ3v) is 4.48. The Bertz CT molecular complexity index is 689. The minimum Gasteiger partial charge on any atom is -0.463 e. The van der Waals surface area contributed by atoms with Gasteiger partial charge in [-0.2, -0.15) is 0 Å². The van der Waals surface area contributed by atoms with Crippen LogP contribution >= 0.6 is 0 Å². The molecule has 0 aromatic carbocycles. The normalized spacial score (nSPS) is 28.1. The van der Waals surface area contributed by atoms with Gasteiger partial charge in [-0.05, 0) is 18.8 Å². The molecule has 2 fully saturated rings. The number of hydrogen-bond acceptors (Lipinski definition) is 10. The fourth-order valence-electron chi connectivity index (χ4n) is 3.15. The zero-order valence-electron chi connectivity index (χ0n) is 17.4. The van der Waals surface area contributed by atoms with E-state index in [1.54, 1.807) is 0 Å². The molecule has 1 N–H and O–H groups in total. The van der Waals surface area contributed by atoms with E-state index in [1.807, 2.05) is 0 Å². The van der Waals surface area contributed by atoms with E-state index in [0.29, 0.717) is 0 Å². The SMILES string of the molecule is CC(=O)OC[C@H]1OC(OC(C)=O)[C@H](NC(=O)CC2CC2)[C@@H](OC(C)=O)[C@H]1OC(C)=O. The highest BCUT2D eigenvalue weighted by molar-refractivity contribution is 5.77. The largest absolute Gasteiger partial charge is 0.463 e. The summed E-state index contributed by atoms with van der Waals surface area (Å²) in [5.41, 5.74) is 0. The Kier molecular flexibility index (Phi) is 8.16. The van der Waals surface area contributed by atoms with Crippen molar-refractivity contribution in [2.24, 2.45) is 5.92 Å². The molecule has 5 atom stereocenters. The summed E-state index contributed by atoms with van der Waals surface area (Å²) in [6.45, 7) is 4.26. The molecule has 0 aromatic heterocycles. The van der Waals surface area contributed by atoms with Gasteiger partial charge in [-0.3, -0.25) is 24.0 Å². The van der Waals surface area contributed by atoms with Gasteiger partial charge in [0.05, 0.1) is 0 Å². The molecule has 1 saturated heterocycles. The van der Waals surface area contributed by atoms with E-state index in [-0.39, 0.29) is 24.9 Å². The molecule has 2 aliphatic rings. The van der Waals surface area contributed by atoms with E-state index in [9.17, 15) is 24.0 Å². The van der Waals surface area contributed by atoms with Crippen LogP contribution in [0.4, 0.5) is 0 Å². The minimum absolute atomic E-state index is 0.255. The van der Waals surface area contributed by atoms with Crippen LogP contribution in [-0.4, -0.2) is 67.0 Å².